The molecule has 0 bridgehead atoms. The molecule has 0 aliphatic heterocycles. The number of benzene rings is 1. The predicted molar refractivity (Wildman–Crippen MR) is 66.7 cm³/mol. The van der Waals surface area contributed by atoms with E-state index in [0.717, 1.165) is 6.42 Å². The molecule has 2 N–H and O–H groups in total. The lowest BCUT2D eigenvalue weighted by molar-refractivity contribution is -0.0506. The van der Waals surface area contributed by atoms with Crippen molar-refractivity contribution in [1.82, 2.24) is 0 Å². The molecule has 0 amide bonds. The first-order valence-corrected chi connectivity index (χ1v) is 5.30. The van der Waals surface area contributed by atoms with Crippen LogP contribution in [0.3, 0.4) is 0 Å². The maximum atomic E-state index is 12.2. The van der Waals surface area contributed by atoms with Crippen molar-refractivity contribution < 1.29 is 13.5 Å². The minimum Gasteiger partial charge on any atom is -0.434 e. The van der Waals surface area contributed by atoms with E-state index in [0.29, 0.717) is 11.5 Å². The highest BCUT2D eigenvalue weighted by Gasteiger charge is 2.15. The van der Waals surface area contributed by atoms with Crippen LogP contribution in [0.25, 0.3) is 0 Å². The highest BCUT2D eigenvalue weighted by Crippen LogP contribution is 2.28. The minimum atomic E-state index is -2.81. The third kappa shape index (κ3) is 5.33. The van der Waals surface area contributed by atoms with Gasteiger partial charge in [-0.2, -0.15) is 8.78 Å². The van der Waals surface area contributed by atoms with E-state index in [2.05, 4.69) is 4.74 Å². The summed E-state index contributed by atoms with van der Waals surface area (Å²) in [4.78, 5) is 0. The molecular weight excluding hydrogens is 248 g/mol. The van der Waals surface area contributed by atoms with Crippen molar-refractivity contribution in [3.8, 4) is 5.75 Å². The van der Waals surface area contributed by atoms with Crippen LogP contribution in [-0.4, -0.2) is 6.61 Å². The van der Waals surface area contributed by atoms with Crippen LogP contribution < -0.4 is 10.5 Å². The summed E-state index contributed by atoms with van der Waals surface area (Å²) >= 11 is 0. The summed E-state index contributed by atoms with van der Waals surface area (Å²) < 4.78 is 28.8. The molecule has 98 valence electrons. The molecule has 0 fully saturated rings. The maximum Gasteiger partial charge on any atom is 0.387 e. The number of nitrogens with two attached hydrogens (primary N) is 1. The molecule has 0 radical (unpaired) electrons. The monoisotopic (exact) mass is 265 g/mol. The van der Waals surface area contributed by atoms with E-state index < -0.39 is 6.61 Å². The molecule has 0 saturated heterocycles. The first kappa shape index (κ1) is 16.1. The van der Waals surface area contributed by atoms with Crippen molar-refractivity contribution in [2.24, 2.45) is 11.7 Å². The number of alkyl halides is 2. The summed E-state index contributed by atoms with van der Waals surface area (Å²) in [5, 5.41) is 0. The molecular formula is C12H18ClF2NO. The van der Waals surface area contributed by atoms with Gasteiger partial charge >= 0.3 is 6.61 Å². The molecule has 0 heterocycles. The Labute approximate surface area is 107 Å². The predicted octanol–water partition coefficient (Wildman–Crippen LogP) is 3.76. The first-order chi connectivity index (χ1) is 7.50. The molecule has 1 aromatic rings. The van der Waals surface area contributed by atoms with Gasteiger partial charge in [0.1, 0.15) is 5.75 Å². The Morgan fingerprint density at radius 3 is 2.35 bits per heavy atom. The van der Waals surface area contributed by atoms with E-state index in [1.807, 2.05) is 13.8 Å². The van der Waals surface area contributed by atoms with Crippen molar-refractivity contribution >= 4 is 12.4 Å². The number of halogens is 3. The lowest BCUT2D eigenvalue weighted by Crippen LogP contribution is -2.15. The molecule has 0 saturated carbocycles. The van der Waals surface area contributed by atoms with Gasteiger partial charge < -0.3 is 10.5 Å². The Morgan fingerprint density at radius 2 is 1.82 bits per heavy atom. The third-order valence-electron chi connectivity index (χ3n) is 2.26. The van der Waals surface area contributed by atoms with Crippen molar-refractivity contribution in [2.75, 3.05) is 0 Å². The van der Waals surface area contributed by atoms with Crippen molar-refractivity contribution in [1.29, 1.82) is 0 Å². The van der Waals surface area contributed by atoms with Crippen LogP contribution in [0.5, 0.6) is 5.75 Å². The van der Waals surface area contributed by atoms with Gasteiger partial charge in [-0.15, -0.1) is 12.4 Å². The van der Waals surface area contributed by atoms with Crippen LogP contribution in [-0.2, 0) is 0 Å². The zero-order chi connectivity index (χ0) is 12.1. The molecule has 1 atom stereocenters. The Balaban J connectivity index is 0.00000256. The van der Waals surface area contributed by atoms with Crippen LogP contribution >= 0.6 is 12.4 Å². The number of rotatable bonds is 5. The Kier molecular flexibility index (Phi) is 7.07. The molecule has 0 unspecified atom stereocenters. The fraction of sp³-hybridized carbons (Fsp3) is 0.500. The molecule has 0 spiro atoms. The van der Waals surface area contributed by atoms with Gasteiger partial charge in [0.15, 0.2) is 0 Å². The Bertz CT molecular complexity index is 334. The highest BCUT2D eigenvalue weighted by molar-refractivity contribution is 5.85. The van der Waals surface area contributed by atoms with Crippen LogP contribution in [0.4, 0.5) is 8.78 Å². The topological polar surface area (TPSA) is 35.2 Å². The van der Waals surface area contributed by atoms with Crippen molar-refractivity contribution in [3.63, 3.8) is 0 Å². The SMILES string of the molecule is CC(C)C[C@H](N)c1ccccc1OC(F)F.Cl. The second kappa shape index (κ2) is 7.45. The second-order valence-corrected chi connectivity index (χ2v) is 4.15. The molecule has 0 aliphatic carbocycles. The summed E-state index contributed by atoms with van der Waals surface area (Å²) in [6, 6.07) is 6.40. The summed E-state index contributed by atoms with van der Waals surface area (Å²) in [5.41, 5.74) is 6.58. The maximum absolute atomic E-state index is 12.2. The summed E-state index contributed by atoms with van der Waals surface area (Å²) in [5.74, 6) is 0.584. The van der Waals surface area contributed by atoms with Crippen LogP contribution in [0.15, 0.2) is 24.3 Å². The highest BCUT2D eigenvalue weighted by atomic mass is 35.5. The largest absolute Gasteiger partial charge is 0.434 e. The standard InChI is InChI=1S/C12H17F2NO.ClH/c1-8(2)7-10(15)9-5-3-4-6-11(9)16-12(13)14;/h3-6,8,10,12H,7,15H2,1-2H3;1H/t10-;/m0./s1. The fourth-order valence-corrected chi connectivity index (χ4v) is 1.62. The van der Waals surface area contributed by atoms with Gasteiger partial charge in [-0.25, -0.2) is 0 Å². The third-order valence-corrected chi connectivity index (χ3v) is 2.26. The molecule has 1 rings (SSSR count). The lowest BCUT2D eigenvalue weighted by atomic mass is 9.97. The van der Waals surface area contributed by atoms with Gasteiger partial charge in [0.05, 0.1) is 0 Å². The number of hydrogen-bond acceptors (Lipinski definition) is 2. The first-order valence-electron chi connectivity index (χ1n) is 5.30. The smallest absolute Gasteiger partial charge is 0.387 e. The van der Waals surface area contributed by atoms with Gasteiger partial charge in [-0.3, -0.25) is 0 Å². The van der Waals surface area contributed by atoms with E-state index in [1.54, 1.807) is 18.2 Å². The zero-order valence-electron chi connectivity index (χ0n) is 9.90. The molecule has 2 nitrogen and oxygen atoms in total. The van der Waals surface area contributed by atoms with Gasteiger partial charge in [0, 0.05) is 11.6 Å². The van der Waals surface area contributed by atoms with E-state index >= 15 is 0 Å². The lowest BCUT2D eigenvalue weighted by Gasteiger charge is -2.18. The van der Waals surface area contributed by atoms with Crippen LogP contribution in [0, 0.1) is 5.92 Å². The minimum absolute atomic E-state index is 0. The molecule has 0 aromatic heterocycles. The zero-order valence-corrected chi connectivity index (χ0v) is 10.7. The van der Waals surface area contributed by atoms with E-state index in [1.165, 1.54) is 6.07 Å². The van der Waals surface area contributed by atoms with Gasteiger partial charge in [0.25, 0.3) is 0 Å². The van der Waals surface area contributed by atoms with E-state index in [-0.39, 0.29) is 24.2 Å². The Morgan fingerprint density at radius 1 is 1.24 bits per heavy atom. The van der Waals surface area contributed by atoms with Crippen LogP contribution in [0.2, 0.25) is 0 Å². The van der Waals surface area contributed by atoms with Gasteiger partial charge in [-0.05, 0) is 18.4 Å². The number of hydrogen-bond donors (Lipinski definition) is 1. The summed E-state index contributed by atoms with van der Waals surface area (Å²) in [6.45, 7) is 1.26. The Hall–Kier alpha value is -0.870. The second-order valence-electron chi connectivity index (χ2n) is 4.15. The molecule has 0 aliphatic rings. The van der Waals surface area contributed by atoms with Gasteiger partial charge in [-0.1, -0.05) is 32.0 Å². The van der Waals surface area contributed by atoms with Crippen molar-refractivity contribution in [2.45, 2.75) is 32.9 Å². The van der Waals surface area contributed by atoms with E-state index in [9.17, 15) is 8.78 Å². The average molecular weight is 266 g/mol. The van der Waals surface area contributed by atoms with Crippen molar-refractivity contribution in [3.05, 3.63) is 29.8 Å². The van der Waals surface area contributed by atoms with E-state index in [4.69, 9.17) is 5.73 Å². The fourth-order valence-electron chi connectivity index (χ4n) is 1.62. The number of para-hydroxylation sites is 1. The normalized spacial score (nSPS) is 12.4. The average Bonchev–Trinajstić information content (AvgIpc) is 2.16. The molecule has 5 heteroatoms. The summed E-state index contributed by atoms with van der Waals surface area (Å²) in [6.07, 6.45) is 0.740. The quantitative estimate of drug-likeness (QED) is 0.880. The summed E-state index contributed by atoms with van der Waals surface area (Å²) in [7, 11) is 0. The van der Waals surface area contributed by atoms with Gasteiger partial charge in [0.2, 0.25) is 0 Å². The molecule has 1 aromatic carbocycles. The number of ether oxygens (including phenoxy) is 1. The van der Waals surface area contributed by atoms with Crippen LogP contribution in [0.1, 0.15) is 31.9 Å². The molecule has 17 heavy (non-hydrogen) atoms.